The van der Waals surface area contributed by atoms with Crippen molar-refractivity contribution in [3.8, 4) is 11.8 Å². The summed E-state index contributed by atoms with van der Waals surface area (Å²) in [4.78, 5) is 12.2. The molecule has 0 bridgehead atoms. The van der Waals surface area contributed by atoms with Crippen LogP contribution in [0.15, 0.2) is 58.7 Å². The second-order valence-electron chi connectivity index (χ2n) is 4.98. The molecule has 0 aliphatic carbocycles. The van der Waals surface area contributed by atoms with E-state index in [2.05, 4.69) is 26.6 Å². The number of ether oxygens (including phenoxy) is 1. The molecule has 5 nitrogen and oxygen atoms in total. The Hall–Kier alpha value is -2.78. The molecule has 2 rings (SSSR count). The van der Waals surface area contributed by atoms with E-state index in [0.717, 1.165) is 10.0 Å². The van der Waals surface area contributed by atoms with Crippen molar-refractivity contribution in [3.05, 3.63) is 64.3 Å². The molecule has 0 unspecified atom stereocenters. The van der Waals surface area contributed by atoms with Gasteiger partial charge in [0, 0.05) is 16.4 Å². The van der Waals surface area contributed by atoms with Crippen LogP contribution in [-0.4, -0.2) is 13.0 Å². The van der Waals surface area contributed by atoms with Crippen molar-refractivity contribution in [2.45, 2.75) is 6.92 Å². The minimum Gasteiger partial charge on any atom is -0.495 e. The van der Waals surface area contributed by atoms with Gasteiger partial charge in [0.15, 0.2) is 0 Å². The second-order valence-corrected chi connectivity index (χ2v) is 5.89. The molecule has 1 amide bonds. The van der Waals surface area contributed by atoms with Gasteiger partial charge in [0.1, 0.15) is 17.4 Å². The zero-order chi connectivity index (χ0) is 17.5. The lowest BCUT2D eigenvalue weighted by Gasteiger charge is -2.10. The van der Waals surface area contributed by atoms with Crippen molar-refractivity contribution in [2.75, 3.05) is 17.7 Å². The average molecular weight is 386 g/mol. The van der Waals surface area contributed by atoms with Gasteiger partial charge >= 0.3 is 0 Å². The molecule has 0 aromatic heterocycles. The van der Waals surface area contributed by atoms with E-state index >= 15 is 0 Å². The molecule has 0 aliphatic rings. The third kappa shape index (κ3) is 4.61. The van der Waals surface area contributed by atoms with Gasteiger partial charge in [-0.15, -0.1) is 0 Å². The quantitative estimate of drug-likeness (QED) is 0.596. The van der Waals surface area contributed by atoms with Crippen molar-refractivity contribution in [1.29, 1.82) is 5.26 Å². The SMILES string of the molecule is COc1ccc(C)cc1N/C=C(/C#N)C(=O)Nc1ccc(Br)cc1. The van der Waals surface area contributed by atoms with Gasteiger partial charge in [0.05, 0.1) is 12.8 Å². The highest BCUT2D eigenvalue weighted by Crippen LogP contribution is 2.25. The number of amides is 1. The van der Waals surface area contributed by atoms with E-state index in [0.29, 0.717) is 17.1 Å². The Morgan fingerprint density at radius 1 is 1.25 bits per heavy atom. The molecule has 0 spiro atoms. The Bertz CT molecular complexity index is 808. The molecular weight excluding hydrogens is 370 g/mol. The Morgan fingerprint density at radius 2 is 1.96 bits per heavy atom. The molecule has 6 heteroatoms. The van der Waals surface area contributed by atoms with Gasteiger partial charge < -0.3 is 15.4 Å². The molecule has 0 atom stereocenters. The zero-order valence-corrected chi connectivity index (χ0v) is 14.8. The van der Waals surface area contributed by atoms with Crippen LogP contribution in [0.25, 0.3) is 0 Å². The smallest absolute Gasteiger partial charge is 0.267 e. The topological polar surface area (TPSA) is 74.1 Å². The molecule has 0 saturated heterocycles. The summed E-state index contributed by atoms with van der Waals surface area (Å²) in [7, 11) is 1.56. The number of rotatable bonds is 5. The van der Waals surface area contributed by atoms with Gasteiger partial charge in [-0.1, -0.05) is 22.0 Å². The minimum absolute atomic E-state index is 0.0403. The largest absolute Gasteiger partial charge is 0.495 e. The first-order valence-electron chi connectivity index (χ1n) is 7.12. The lowest BCUT2D eigenvalue weighted by Crippen LogP contribution is -2.14. The van der Waals surface area contributed by atoms with Gasteiger partial charge in [0.2, 0.25) is 0 Å². The van der Waals surface area contributed by atoms with Crippen LogP contribution in [0.2, 0.25) is 0 Å². The highest BCUT2D eigenvalue weighted by atomic mass is 79.9. The fourth-order valence-corrected chi connectivity index (χ4v) is 2.23. The number of hydrogen-bond acceptors (Lipinski definition) is 4. The van der Waals surface area contributed by atoms with Crippen LogP contribution in [0, 0.1) is 18.3 Å². The number of hydrogen-bond donors (Lipinski definition) is 2. The number of aryl methyl sites for hydroxylation is 1. The number of nitrogens with one attached hydrogen (secondary N) is 2. The number of carbonyl (C=O) groups excluding carboxylic acids is 1. The summed E-state index contributed by atoms with van der Waals surface area (Å²) in [6.45, 7) is 1.94. The van der Waals surface area contributed by atoms with E-state index in [1.807, 2.05) is 31.2 Å². The Balaban J connectivity index is 2.14. The molecule has 0 saturated carbocycles. The van der Waals surface area contributed by atoms with Gasteiger partial charge in [-0.3, -0.25) is 4.79 Å². The van der Waals surface area contributed by atoms with Crippen LogP contribution in [-0.2, 0) is 4.79 Å². The van der Waals surface area contributed by atoms with Crippen molar-refractivity contribution in [3.63, 3.8) is 0 Å². The summed E-state index contributed by atoms with van der Waals surface area (Å²) in [6.07, 6.45) is 1.37. The lowest BCUT2D eigenvalue weighted by atomic mass is 10.2. The van der Waals surface area contributed by atoms with Crippen molar-refractivity contribution < 1.29 is 9.53 Å². The number of methoxy groups -OCH3 is 1. The van der Waals surface area contributed by atoms with Crippen molar-refractivity contribution >= 4 is 33.2 Å². The van der Waals surface area contributed by atoms with E-state index < -0.39 is 5.91 Å². The molecule has 0 radical (unpaired) electrons. The molecule has 2 N–H and O–H groups in total. The normalized spacial score (nSPS) is 10.7. The predicted molar refractivity (Wildman–Crippen MR) is 97.8 cm³/mol. The van der Waals surface area contributed by atoms with Crippen LogP contribution in [0.4, 0.5) is 11.4 Å². The van der Waals surface area contributed by atoms with Gasteiger partial charge in [-0.2, -0.15) is 5.26 Å². The number of nitrogens with zero attached hydrogens (tertiary/aromatic N) is 1. The number of halogens is 1. The zero-order valence-electron chi connectivity index (χ0n) is 13.3. The first-order chi connectivity index (χ1) is 11.5. The minimum atomic E-state index is -0.487. The molecule has 122 valence electrons. The van der Waals surface area contributed by atoms with E-state index in [4.69, 9.17) is 4.74 Å². The third-order valence-corrected chi connectivity index (χ3v) is 3.72. The molecule has 2 aromatic carbocycles. The molecule has 2 aromatic rings. The monoisotopic (exact) mass is 385 g/mol. The Kier molecular flexibility index (Phi) is 5.99. The first-order valence-corrected chi connectivity index (χ1v) is 7.91. The standard InChI is InChI=1S/C18H16BrN3O2/c1-12-3-8-17(24-2)16(9-12)21-11-13(10-20)18(23)22-15-6-4-14(19)5-7-15/h3-9,11,21H,1-2H3,(H,22,23)/b13-11-. The first kappa shape index (κ1) is 17.6. The summed E-state index contributed by atoms with van der Waals surface area (Å²) in [5.41, 5.74) is 2.28. The molecular formula is C18H16BrN3O2. The number of carbonyl (C=O) groups is 1. The highest BCUT2D eigenvalue weighted by Gasteiger charge is 2.10. The maximum atomic E-state index is 12.2. The number of benzene rings is 2. The van der Waals surface area contributed by atoms with Crippen LogP contribution in [0.5, 0.6) is 5.75 Å². The predicted octanol–water partition coefficient (Wildman–Crippen LogP) is 4.22. The van der Waals surface area contributed by atoms with Gasteiger partial charge in [-0.25, -0.2) is 0 Å². The summed E-state index contributed by atoms with van der Waals surface area (Å²) < 4.78 is 6.16. The molecule has 0 aliphatic heterocycles. The fourth-order valence-electron chi connectivity index (χ4n) is 1.96. The van der Waals surface area contributed by atoms with Gasteiger partial charge in [0.25, 0.3) is 5.91 Å². The van der Waals surface area contributed by atoms with E-state index in [-0.39, 0.29) is 5.57 Å². The summed E-state index contributed by atoms with van der Waals surface area (Å²) >= 11 is 3.33. The van der Waals surface area contributed by atoms with Crippen LogP contribution >= 0.6 is 15.9 Å². The molecule has 24 heavy (non-hydrogen) atoms. The Morgan fingerprint density at radius 3 is 2.58 bits per heavy atom. The van der Waals surface area contributed by atoms with Crippen molar-refractivity contribution in [2.24, 2.45) is 0 Å². The Labute approximate surface area is 149 Å². The molecule has 0 fully saturated rings. The number of nitriles is 1. The average Bonchev–Trinajstić information content (AvgIpc) is 2.57. The summed E-state index contributed by atoms with van der Waals surface area (Å²) in [5.74, 6) is 0.140. The van der Waals surface area contributed by atoms with Crippen LogP contribution in [0.1, 0.15) is 5.56 Å². The third-order valence-electron chi connectivity index (χ3n) is 3.19. The second kappa shape index (κ2) is 8.18. The fraction of sp³-hybridized carbons (Fsp3) is 0.111. The van der Waals surface area contributed by atoms with Crippen molar-refractivity contribution in [1.82, 2.24) is 0 Å². The van der Waals surface area contributed by atoms with E-state index in [1.165, 1.54) is 6.20 Å². The maximum Gasteiger partial charge on any atom is 0.267 e. The summed E-state index contributed by atoms with van der Waals surface area (Å²) in [5, 5.41) is 14.8. The lowest BCUT2D eigenvalue weighted by molar-refractivity contribution is -0.112. The van der Waals surface area contributed by atoms with Crippen LogP contribution < -0.4 is 15.4 Å². The van der Waals surface area contributed by atoms with Gasteiger partial charge in [-0.05, 0) is 48.9 Å². The summed E-state index contributed by atoms with van der Waals surface area (Å²) in [6, 6.07) is 14.6. The van der Waals surface area contributed by atoms with Crippen LogP contribution in [0.3, 0.4) is 0 Å². The highest BCUT2D eigenvalue weighted by molar-refractivity contribution is 9.10. The maximum absolute atomic E-state index is 12.2. The number of anilines is 2. The molecule has 0 heterocycles. The van der Waals surface area contributed by atoms with E-state index in [9.17, 15) is 10.1 Å². The van der Waals surface area contributed by atoms with E-state index in [1.54, 1.807) is 31.4 Å².